The molecule has 0 aromatic carbocycles. The summed E-state index contributed by atoms with van der Waals surface area (Å²) in [5.74, 6) is 0.0228. The van der Waals surface area contributed by atoms with Crippen LogP contribution in [0.4, 0.5) is 10.5 Å². The SMILES string of the molecule is Cc1noc(C)c1NC(=O)N1C[C@@H](C(=O)OC(C)(C)C)CC[C@H]1C. The number of anilines is 1. The summed E-state index contributed by atoms with van der Waals surface area (Å²) in [5.41, 5.74) is 0.699. The molecule has 1 aromatic heterocycles. The second-order valence-corrected chi connectivity index (χ2v) is 7.44. The zero-order valence-electron chi connectivity index (χ0n) is 15.3. The van der Waals surface area contributed by atoms with Crippen molar-refractivity contribution in [2.75, 3.05) is 11.9 Å². The van der Waals surface area contributed by atoms with Crippen molar-refractivity contribution in [1.29, 1.82) is 0 Å². The van der Waals surface area contributed by atoms with E-state index in [4.69, 9.17) is 9.26 Å². The molecule has 1 aliphatic rings. The molecule has 2 amide bonds. The molecule has 0 aliphatic carbocycles. The fraction of sp³-hybridized carbons (Fsp3) is 0.706. The number of carbonyl (C=O) groups excluding carboxylic acids is 2. The number of aryl methyl sites for hydroxylation is 2. The molecule has 24 heavy (non-hydrogen) atoms. The fourth-order valence-corrected chi connectivity index (χ4v) is 2.81. The highest BCUT2D eigenvalue weighted by molar-refractivity contribution is 5.91. The van der Waals surface area contributed by atoms with E-state index in [1.54, 1.807) is 18.7 Å². The van der Waals surface area contributed by atoms with Crippen molar-refractivity contribution in [3.05, 3.63) is 11.5 Å². The predicted octanol–water partition coefficient (Wildman–Crippen LogP) is 3.27. The number of aromatic nitrogens is 1. The molecule has 1 aliphatic heterocycles. The summed E-state index contributed by atoms with van der Waals surface area (Å²) in [6, 6.07) is -0.186. The Labute approximate surface area is 142 Å². The van der Waals surface area contributed by atoms with Crippen LogP contribution in [0.15, 0.2) is 4.52 Å². The van der Waals surface area contributed by atoms with Crippen LogP contribution >= 0.6 is 0 Å². The van der Waals surface area contributed by atoms with Crippen molar-refractivity contribution in [2.45, 2.75) is 66.0 Å². The molecule has 7 heteroatoms. The number of esters is 1. The van der Waals surface area contributed by atoms with Gasteiger partial charge in [0.05, 0.1) is 5.92 Å². The number of likely N-dealkylation sites (tertiary alicyclic amines) is 1. The van der Waals surface area contributed by atoms with Gasteiger partial charge >= 0.3 is 12.0 Å². The van der Waals surface area contributed by atoms with Gasteiger partial charge in [0.1, 0.15) is 17.0 Å². The minimum absolute atomic E-state index is 0.0594. The Balaban J connectivity index is 2.05. The molecule has 7 nitrogen and oxygen atoms in total. The van der Waals surface area contributed by atoms with E-state index in [9.17, 15) is 9.59 Å². The summed E-state index contributed by atoms with van der Waals surface area (Å²) in [4.78, 5) is 26.6. The summed E-state index contributed by atoms with van der Waals surface area (Å²) >= 11 is 0. The molecule has 134 valence electrons. The van der Waals surface area contributed by atoms with Gasteiger partial charge in [-0.15, -0.1) is 0 Å². The zero-order valence-corrected chi connectivity index (χ0v) is 15.3. The fourth-order valence-electron chi connectivity index (χ4n) is 2.81. The lowest BCUT2D eigenvalue weighted by molar-refractivity contribution is -0.161. The van der Waals surface area contributed by atoms with Crippen molar-refractivity contribution < 1.29 is 18.8 Å². The molecule has 0 bridgehead atoms. The molecule has 0 spiro atoms. The molecule has 0 radical (unpaired) electrons. The first-order valence-corrected chi connectivity index (χ1v) is 8.32. The predicted molar refractivity (Wildman–Crippen MR) is 89.7 cm³/mol. The van der Waals surface area contributed by atoms with Crippen LogP contribution in [0.1, 0.15) is 52.0 Å². The molecule has 1 aromatic rings. The number of hydrogen-bond acceptors (Lipinski definition) is 5. The van der Waals surface area contributed by atoms with Crippen LogP contribution in [0.5, 0.6) is 0 Å². The van der Waals surface area contributed by atoms with E-state index in [1.807, 2.05) is 27.7 Å². The van der Waals surface area contributed by atoms with E-state index in [0.29, 0.717) is 23.7 Å². The van der Waals surface area contributed by atoms with Crippen LogP contribution in [0.25, 0.3) is 0 Å². The molecule has 1 fully saturated rings. The number of hydrogen-bond donors (Lipinski definition) is 1. The summed E-state index contributed by atoms with van der Waals surface area (Å²) < 4.78 is 10.5. The van der Waals surface area contributed by atoms with E-state index >= 15 is 0 Å². The molecule has 0 saturated carbocycles. The first kappa shape index (κ1) is 18.3. The van der Waals surface area contributed by atoms with Crippen LogP contribution in [0.2, 0.25) is 0 Å². The van der Waals surface area contributed by atoms with Crippen molar-refractivity contribution >= 4 is 17.7 Å². The maximum absolute atomic E-state index is 12.6. The monoisotopic (exact) mass is 337 g/mol. The minimum Gasteiger partial charge on any atom is -0.460 e. The summed E-state index contributed by atoms with van der Waals surface area (Å²) in [7, 11) is 0. The number of piperidine rings is 1. The molecule has 1 N–H and O–H groups in total. The molecule has 1 saturated heterocycles. The van der Waals surface area contributed by atoms with Crippen molar-refractivity contribution in [3.63, 3.8) is 0 Å². The summed E-state index contributed by atoms with van der Waals surface area (Å²) in [6.45, 7) is 11.4. The third kappa shape index (κ3) is 4.27. The quantitative estimate of drug-likeness (QED) is 0.837. The number of nitrogens with zero attached hydrogens (tertiary/aromatic N) is 2. The highest BCUT2D eigenvalue weighted by atomic mass is 16.6. The normalized spacial score (nSPS) is 21.5. The van der Waals surface area contributed by atoms with Gasteiger partial charge in [-0.25, -0.2) is 4.79 Å². The molecular formula is C17H27N3O4. The number of amides is 2. The van der Waals surface area contributed by atoms with Gasteiger partial charge in [-0.3, -0.25) is 4.79 Å². The minimum atomic E-state index is -0.524. The highest BCUT2D eigenvalue weighted by Gasteiger charge is 2.35. The van der Waals surface area contributed by atoms with E-state index in [-0.39, 0.29) is 24.0 Å². The second kappa shape index (κ2) is 6.83. The highest BCUT2D eigenvalue weighted by Crippen LogP contribution is 2.26. The maximum Gasteiger partial charge on any atom is 0.322 e. The van der Waals surface area contributed by atoms with E-state index in [2.05, 4.69) is 10.5 Å². The van der Waals surface area contributed by atoms with Crippen LogP contribution in [-0.2, 0) is 9.53 Å². The van der Waals surface area contributed by atoms with Gasteiger partial charge in [0.15, 0.2) is 5.76 Å². The lowest BCUT2D eigenvalue weighted by Gasteiger charge is -2.37. The Morgan fingerprint density at radius 1 is 1.29 bits per heavy atom. The number of nitrogens with one attached hydrogen (secondary N) is 1. The van der Waals surface area contributed by atoms with E-state index in [0.717, 1.165) is 12.8 Å². The summed E-state index contributed by atoms with van der Waals surface area (Å²) in [6.07, 6.45) is 1.49. The van der Waals surface area contributed by atoms with Gasteiger partial charge in [0.25, 0.3) is 0 Å². The topological polar surface area (TPSA) is 84.7 Å². The molecule has 2 rings (SSSR count). The number of carbonyl (C=O) groups is 2. The number of ether oxygens (including phenoxy) is 1. The van der Waals surface area contributed by atoms with Gasteiger partial charge in [-0.1, -0.05) is 5.16 Å². The van der Waals surface area contributed by atoms with E-state index in [1.165, 1.54) is 0 Å². The second-order valence-electron chi connectivity index (χ2n) is 7.44. The number of urea groups is 1. The van der Waals surface area contributed by atoms with E-state index < -0.39 is 5.60 Å². The first-order chi connectivity index (χ1) is 11.1. The third-order valence-corrected chi connectivity index (χ3v) is 4.15. The summed E-state index contributed by atoms with van der Waals surface area (Å²) in [5, 5.41) is 6.68. The Morgan fingerprint density at radius 2 is 1.96 bits per heavy atom. The van der Waals surface area contributed by atoms with Gasteiger partial charge in [0.2, 0.25) is 0 Å². The maximum atomic E-state index is 12.6. The first-order valence-electron chi connectivity index (χ1n) is 8.32. The molecule has 2 atom stereocenters. The Bertz CT molecular complexity index is 598. The van der Waals surface area contributed by atoms with Crippen molar-refractivity contribution in [2.24, 2.45) is 5.92 Å². The Kier molecular flexibility index (Phi) is 5.20. The van der Waals surface area contributed by atoms with Gasteiger partial charge in [-0.05, 0) is 54.4 Å². The lowest BCUT2D eigenvalue weighted by Crippen LogP contribution is -2.50. The van der Waals surface area contributed by atoms with Crippen LogP contribution in [0.3, 0.4) is 0 Å². The Morgan fingerprint density at radius 3 is 2.50 bits per heavy atom. The van der Waals surface area contributed by atoms with Crippen molar-refractivity contribution in [1.82, 2.24) is 10.1 Å². The van der Waals surface area contributed by atoms with Crippen LogP contribution < -0.4 is 5.32 Å². The molecular weight excluding hydrogens is 310 g/mol. The van der Waals surface area contributed by atoms with Crippen LogP contribution in [-0.4, -0.2) is 40.2 Å². The molecule has 0 unspecified atom stereocenters. The number of rotatable bonds is 2. The van der Waals surface area contributed by atoms with Crippen LogP contribution in [0, 0.1) is 19.8 Å². The zero-order chi connectivity index (χ0) is 18.1. The standard InChI is InChI=1S/C17H27N3O4/c1-10-7-8-13(15(21)23-17(4,5)6)9-20(10)16(22)18-14-11(2)19-24-12(14)3/h10,13H,7-9H2,1-6H3,(H,18,22)/t10-,13+/m1/s1. The van der Waals surface area contributed by atoms with Gasteiger partial charge in [-0.2, -0.15) is 0 Å². The van der Waals surface area contributed by atoms with Gasteiger partial charge < -0.3 is 19.5 Å². The van der Waals surface area contributed by atoms with Gasteiger partial charge in [0, 0.05) is 12.6 Å². The average Bonchev–Trinajstić information content (AvgIpc) is 2.77. The smallest absolute Gasteiger partial charge is 0.322 e. The lowest BCUT2D eigenvalue weighted by atomic mass is 9.93. The molecule has 2 heterocycles. The average molecular weight is 337 g/mol. The van der Waals surface area contributed by atoms with Crippen molar-refractivity contribution in [3.8, 4) is 0 Å². The largest absolute Gasteiger partial charge is 0.460 e. The third-order valence-electron chi connectivity index (χ3n) is 4.15. The Hall–Kier alpha value is -2.05.